The Morgan fingerprint density at radius 1 is 0.909 bits per heavy atom. The molecular weight excluding hydrogens is 424 g/mol. The van der Waals surface area contributed by atoms with Gasteiger partial charge in [0.1, 0.15) is 17.6 Å². The summed E-state index contributed by atoms with van der Waals surface area (Å²) < 4.78 is 15.8. The van der Waals surface area contributed by atoms with Crippen LogP contribution in [0.5, 0.6) is 17.2 Å². The number of carbonyl (C=O) groups excluding carboxylic acids is 2. The van der Waals surface area contributed by atoms with Crippen molar-refractivity contribution in [2.45, 2.75) is 6.04 Å². The second-order valence-electron chi connectivity index (χ2n) is 7.19. The smallest absolute Gasteiger partial charge is 0.300 e. The number of benzene rings is 2. The van der Waals surface area contributed by atoms with Crippen molar-refractivity contribution in [3.05, 3.63) is 83.7 Å². The van der Waals surface area contributed by atoms with Crippen molar-refractivity contribution in [2.75, 3.05) is 26.2 Å². The molecule has 3 aromatic rings. The average Bonchev–Trinajstić information content (AvgIpc) is 3.13. The van der Waals surface area contributed by atoms with Crippen LogP contribution in [0.2, 0.25) is 0 Å². The van der Waals surface area contributed by atoms with E-state index in [2.05, 4.69) is 4.98 Å². The maximum absolute atomic E-state index is 13.2. The molecule has 1 amide bonds. The van der Waals surface area contributed by atoms with Crippen LogP contribution in [0.4, 0.5) is 5.69 Å². The van der Waals surface area contributed by atoms with Crippen molar-refractivity contribution in [1.82, 2.24) is 4.98 Å². The molecule has 4 rings (SSSR count). The molecule has 1 fully saturated rings. The van der Waals surface area contributed by atoms with Crippen molar-refractivity contribution < 1.29 is 28.9 Å². The number of carbonyl (C=O) groups is 2. The molecule has 0 spiro atoms. The molecule has 8 heteroatoms. The second kappa shape index (κ2) is 9.04. The lowest BCUT2D eigenvalue weighted by atomic mass is 9.98. The lowest BCUT2D eigenvalue weighted by molar-refractivity contribution is -0.132. The molecule has 1 saturated heterocycles. The Morgan fingerprint density at radius 2 is 1.70 bits per heavy atom. The minimum absolute atomic E-state index is 0.0752. The third-order valence-corrected chi connectivity index (χ3v) is 5.40. The van der Waals surface area contributed by atoms with Crippen LogP contribution in [0.3, 0.4) is 0 Å². The number of aliphatic hydroxyl groups is 1. The van der Waals surface area contributed by atoms with Gasteiger partial charge in [0, 0.05) is 23.5 Å². The topological polar surface area (TPSA) is 98.2 Å². The van der Waals surface area contributed by atoms with E-state index in [-0.39, 0.29) is 11.3 Å². The summed E-state index contributed by atoms with van der Waals surface area (Å²) in [6, 6.07) is 15.8. The zero-order valence-electron chi connectivity index (χ0n) is 18.3. The number of aromatic nitrogens is 1. The number of methoxy groups -OCH3 is 3. The van der Waals surface area contributed by atoms with E-state index in [1.807, 2.05) is 0 Å². The number of hydrogen-bond acceptors (Lipinski definition) is 7. The molecule has 2 aromatic carbocycles. The predicted molar refractivity (Wildman–Crippen MR) is 122 cm³/mol. The third-order valence-electron chi connectivity index (χ3n) is 5.40. The van der Waals surface area contributed by atoms with E-state index >= 15 is 0 Å². The summed E-state index contributed by atoms with van der Waals surface area (Å²) in [5, 5.41) is 11.2. The van der Waals surface area contributed by atoms with Gasteiger partial charge in [-0.05, 0) is 42.5 Å². The molecule has 0 radical (unpaired) electrons. The van der Waals surface area contributed by atoms with Gasteiger partial charge in [-0.3, -0.25) is 19.5 Å². The fourth-order valence-electron chi connectivity index (χ4n) is 3.82. The highest BCUT2D eigenvalue weighted by Crippen LogP contribution is 2.42. The lowest BCUT2D eigenvalue weighted by Crippen LogP contribution is -2.29. The van der Waals surface area contributed by atoms with E-state index in [1.165, 1.54) is 26.2 Å². The van der Waals surface area contributed by atoms with Gasteiger partial charge in [-0.15, -0.1) is 0 Å². The molecule has 0 aliphatic carbocycles. The molecule has 33 heavy (non-hydrogen) atoms. The Morgan fingerprint density at radius 3 is 2.36 bits per heavy atom. The van der Waals surface area contributed by atoms with Crippen molar-refractivity contribution in [3.8, 4) is 17.2 Å². The van der Waals surface area contributed by atoms with Gasteiger partial charge in [0.25, 0.3) is 11.7 Å². The largest absolute Gasteiger partial charge is 0.507 e. The molecule has 1 aromatic heterocycles. The monoisotopic (exact) mass is 446 g/mol. The maximum Gasteiger partial charge on any atom is 0.300 e. The normalized spacial score (nSPS) is 17.2. The Hall–Kier alpha value is -4.33. The molecule has 1 N–H and O–H groups in total. The van der Waals surface area contributed by atoms with Crippen molar-refractivity contribution in [3.63, 3.8) is 0 Å². The standard InChI is InChI=1S/C25H22N2O6/c1-31-17-8-6-7-16(14-17)27-22(18-9-4-5-12-26-18)21(24(29)25(27)30)23(28)15-10-11-19(32-2)20(13-15)33-3/h4-14,22,28H,1-3H3/b23-21+. The van der Waals surface area contributed by atoms with E-state index in [4.69, 9.17) is 14.2 Å². The molecule has 1 unspecified atom stereocenters. The quantitative estimate of drug-likeness (QED) is 0.350. The number of nitrogens with zero attached hydrogens (tertiary/aromatic N) is 2. The molecule has 2 heterocycles. The predicted octanol–water partition coefficient (Wildman–Crippen LogP) is 3.73. The number of ketones is 1. The number of amides is 1. The van der Waals surface area contributed by atoms with Crippen LogP contribution in [0.15, 0.2) is 72.4 Å². The van der Waals surface area contributed by atoms with Gasteiger partial charge in [-0.2, -0.15) is 0 Å². The highest BCUT2D eigenvalue weighted by molar-refractivity contribution is 6.51. The van der Waals surface area contributed by atoms with Crippen LogP contribution >= 0.6 is 0 Å². The number of pyridine rings is 1. The minimum atomic E-state index is -0.939. The van der Waals surface area contributed by atoms with Crippen molar-refractivity contribution in [1.29, 1.82) is 0 Å². The van der Waals surface area contributed by atoms with Crippen LogP contribution in [0.1, 0.15) is 17.3 Å². The number of ether oxygens (including phenoxy) is 3. The number of aliphatic hydroxyl groups excluding tert-OH is 1. The first-order chi connectivity index (χ1) is 16.0. The van der Waals surface area contributed by atoms with Crippen LogP contribution in [0, 0.1) is 0 Å². The summed E-state index contributed by atoms with van der Waals surface area (Å²) in [5.41, 5.74) is 1.10. The molecule has 0 bridgehead atoms. The number of rotatable bonds is 6. The molecule has 1 aliphatic heterocycles. The van der Waals surface area contributed by atoms with Gasteiger partial charge < -0.3 is 19.3 Å². The van der Waals surface area contributed by atoms with Gasteiger partial charge in [0.15, 0.2) is 11.5 Å². The molecule has 1 atom stereocenters. The summed E-state index contributed by atoms with van der Waals surface area (Å²) in [6.07, 6.45) is 1.57. The summed E-state index contributed by atoms with van der Waals surface area (Å²) >= 11 is 0. The van der Waals surface area contributed by atoms with E-state index in [9.17, 15) is 14.7 Å². The highest BCUT2D eigenvalue weighted by atomic mass is 16.5. The summed E-state index contributed by atoms with van der Waals surface area (Å²) in [7, 11) is 4.48. The van der Waals surface area contributed by atoms with Gasteiger partial charge in [0.2, 0.25) is 0 Å². The van der Waals surface area contributed by atoms with E-state index in [1.54, 1.807) is 66.9 Å². The van der Waals surface area contributed by atoms with E-state index < -0.39 is 17.7 Å². The molecular formula is C25H22N2O6. The molecule has 168 valence electrons. The van der Waals surface area contributed by atoms with Crippen LogP contribution in [0.25, 0.3) is 5.76 Å². The first-order valence-corrected chi connectivity index (χ1v) is 10.1. The number of hydrogen-bond donors (Lipinski definition) is 1. The fourth-order valence-corrected chi connectivity index (χ4v) is 3.82. The Bertz CT molecular complexity index is 1240. The van der Waals surface area contributed by atoms with Gasteiger partial charge in [-0.1, -0.05) is 12.1 Å². The first-order valence-electron chi connectivity index (χ1n) is 10.1. The van der Waals surface area contributed by atoms with E-state index in [0.717, 1.165) is 0 Å². The van der Waals surface area contributed by atoms with E-state index in [0.29, 0.717) is 34.2 Å². The van der Waals surface area contributed by atoms with Gasteiger partial charge >= 0.3 is 0 Å². The average molecular weight is 446 g/mol. The Balaban J connectivity index is 1.93. The molecule has 8 nitrogen and oxygen atoms in total. The summed E-state index contributed by atoms with van der Waals surface area (Å²) in [5.74, 6) is -0.573. The van der Waals surface area contributed by atoms with Crippen LogP contribution < -0.4 is 19.1 Å². The summed E-state index contributed by atoms with van der Waals surface area (Å²) in [6.45, 7) is 0. The Kier molecular flexibility index (Phi) is 5.99. The minimum Gasteiger partial charge on any atom is -0.507 e. The fraction of sp³-hybridized carbons (Fsp3) is 0.160. The third kappa shape index (κ3) is 3.87. The van der Waals surface area contributed by atoms with Crippen molar-refractivity contribution >= 4 is 23.1 Å². The number of anilines is 1. The maximum atomic E-state index is 13.2. The van der Waals surface area contributed by atoms with Gasteiger partial charge in [-0.25, -0.2) is 0 Å². The number of Topliss-reactive ketones (excluding diaryl/α,β-unsaturated/α-hetero) is 1. The molecule has 1 aliphatic rings. The van der Waals surface area contributed by atoms with Crippen LogP contribution in [-0.4, -0.2) is 43.1 Å². The molecule has 0 saturated carbocycles. The van der Waals surface area contributed by atoms with Crippen LogP contribution in [-0.2, 0) is 9.59 Å². The van der Waals surface area contributed by atoms with Crippen molar-refractivity contribution in [2.24, 2.45) is 0 Å². The zero-order chi connectivity index (χ0) is 23.5. The lowest BCUT2D eigenvalue weighted by Gasteiger charge is -2.25. The SMILES string of the molecule is COc1cccc(N2C(=O)C(=O)/C(=C(/O)c3ccc(OC)c(OC)c3)C2c2ccccn2)c1. The first kappa shape index (κ1) is 21.9. The zero-order valence-corrected chi connectivity index (χ0v) is 18.3. The highest BCUT2D eigenvalue weighted by Gasteiger charge is 2.47. The van der Waals surface area contributed by atoms with Gasteiger partial charge in [0.05, 0.1) is 32.6 Å². The Labute approximate surface area is 190 Å². The second-order valence-corrected chi connectivity index (χ2v) is 7.19. The summed E-state index contributed by atoms with van der Waals surface area (Å²) in [4.78, 5) is 32.1.